The fourth-order valence-electron chi connectivity index (χ4n) is 2.64. The maximum Gasteiger partial charge on any atom is 0.212 e. The Morgan fingerprint density at radius 2 is 1.88 bits per heavy atom. The Balaban J connectivity index is 1.83. The molecular formula is C18H14N4O2. The van der Waals surface area contributed by atoms with Crippen molar-refractivity contribution in [2.45, 2.75) is 0 Å². The molecule has 118 valence electrons. The summed E-state index contributed by atoms with van der Waals surface area (Å²) in [6, 6.07) is 11.3. The summed E-state index contributed by atoms with van der Waals surface area (Å²) in [6.45, 7) is 0. The van der Waals surface area contributed by atoms with Gasteiger partial charge in [0.2, 0.25) is 5.88 Å². The molecule has 0 radical (unpaired) electrons. The minimum Gasteiger partial charge on any atom is -0.619 e. The van der Waals surface area contributed by atoms with E-state index in [2.05, 4.69) is 9.97 Å². The zero-order valence-corrected chi connectivity index (χ0v) is 13.0. The third kappa shape index (κ3) is 2.44. The third-order valence-corrected chi connectivity index (χ3v) is 3.86. The van der Waals surface area contributed by atoms with Crippen LogP contribution in [-0.2, 0) is 0 Å². The first kappa shape index (κ1) is 14.2. The highest BCUT2D eigenvalue weighted by molar-refractivity contribution is 5.68. The molecule has 0 spiro atoms. The molecule has 0 N–H and O–H groups in total. The first-order valence-corrected chi connectivity index (χ1v) is 7.41. The third-order valence-electron chi connectivity index (χ3n) is 3.86. The van der Waals surface area contributed by atoms with E-state index >= 15 is 0 Å². The number of methoxy groups -OCH3 is 1. The van der Waals surface area contributed by atoms with Gasteiger partial charge in [0, 0.05) is 41.2 Å². The van der Waals surface area contributed by atoms with Crippen molar-refractivity contribution < 1.29 is 9.47 Å². The van der Waals surface area contributed by atoms with Crippen molar-refractivity contribution in [3.05, 3.63) is 72.6 Å². The second kappa shape index (κ2) is 5.66. The van der Waals surface area contributed by atoms with Crippen LogP contribution in [0.25, 0.3) is 28.0 Å². The Bertz CT molecular complexity index is 1010. The number of pyridine rings is 3. The zero-order chi connectivity index (χ0) is 16.5. The van der Waals surface area contributed by atoms with E-state index in [0.717, 1.165) is 32.8 Å². The van der Waals surface area contributed by atoms with Crippen LogP contribution in [-0.4, -0.2) is 21.5 Å². The van der Waals surface area contributed by atoms with E-state index in [4.69, 9.17) is 4.74 Å². The smallest absolute Gasteiger partial charge is 0.212 e. The lowest BCUT2D eigenvalue weighted by Gasteiger charge is -2.06. The molecule has 6 heteroatoms. The number of rotatable bonds is 3. The van der Waals surface area contributed by atoms with Gasteiger partial charge in [-0.3, -0.25) is 4.40 Å². The van der Waals surface area contributed by atoms with Crippen molar-refractivity contribution in [1.29, 1.82) is 0 Å². The lowest BCUT2D eigenvalue weighted by molar-refractivity contribution is -0.604. The van der Waals surface area contributed by atoms with Crippen molar-refractivity contribution in [3.63, 3.8) is 0 Å². The summed E-state index contributed by atoms with van der Waals surface area (Å²) < 4.78 is 7.88. The number of ether oxygens (including phenoxy) is 1. The molecule has 0 aliphatic rings. The molecule has 24 heavy (non-hydrogen) atoms. The zero-order valence-electron chi connectivity index (χ0n) is 13.0. The van der Waals surface area contributed by atoms with Crippen LogP contribution < -0.4 is 9.47 Å². The van der Waals surface area contributed by atoms with Gasteiger partial charge in [0.25, 0.3) is 0 Å². The van der Waals surface area contributed by atoms with Crippen molar-refractivity contribution in [2.24, 2.45) is 0 Å². The second-order valence-electron chi connectivity index (χ2n) is 5.33. The van der Waals surface area contributed by atoms with Crippen molar-refractivity contribution in [1.82, 2.24) is 14.4 Å². The molecule has 0 saturated heterocycles. The van der Waals surface area contributed by atoms with Crippen LogP contribution >= 0.6 is 0 Å². The van der Waals surface area contributed by atoms with Gasteiger partial charge in [0.05, 0.1) is 19.0 Å². The molecule has 0 aromatic carbocycles. The summed E-state index contributed by atoms with van der Waals surface area (Å²) in [6.07, 6.45) is 8.54. The van der Waals surface area contributed by atoms with Crippen molar-refractivity contribution in [3.8, 4) is 28.3 Å². The Hall–Kier alpha value is -3.41. The molecule has 4 aromatic rings. The average molecular weight is 318 g/mol. The standard InChI is InChI=1S/C18H14N4O2/c1-24-18-7-5-13(9-20-18)16-10-19-17-6-4-15(12-22(16)17)14-3-2-8-21(23)11-14/h2-12H,1H3. The summed E-state index contributed by atoms with van der Waals surface area (Å²) in [5.74, 6) is 0.567. The Labute approximate surface area is 138 Å². The molecular weight excluding hydrogens is 304 g/mol. The number of imidazole rings is 1. The maximum atomic E-state index is 11.5. The predicted molar refractivity (Wildman–Crippen MR) is 89.4 cm³/mol. The SMILES string of the molecule is COc1ccc(-c2cnc3ccc(-c4ccc[n+]([O-])c4)cn23)cn1. The second-order valence-corrected chi connectivity index (χ2v) is 5.33. The summed E-state index contributed by atoms with van der Waals surface area (Å²) in [4.78, 5) is 8.67. The van der Waals surface area contributed by atoms with E-state index in [1.165, 1.54) is 6.20 Å². The number of fused-ring (bicyclic) bond motifs is 1. The van der Waals surface area contributed by atoms with Gasteiger partial charge in [-0.25, -0.2) is 9.97 Å². The van der Waals surface area contributed by atoms with E-state index in [1.54, 1.807) is 31.8 Å². The van der Waals surface area contributed by atoms with Gasteiger partial charge in [0.1, 0.15) is 5.65 Å². The van der Waals surface area contributed by atoms with E-state index in [-0.39, 0.29) is 0 Å². The number of nitrogens with zero attached hydrogens (tertiary/aromatic N) is 4. The summed E-state index contributed by atoms with van der Waals surface area (Å²) in [5.41, 5.74) is 4.48. The molecule has 0 bridgehead atoms. The highest BCUT2D eigenvalue weighted by Crippen LogP contribution is 2.25. The van der Waals surface area contributed by atoms with Gasteiger partial charge in [-0.15, -0.1) is 0 Å². The molecule has 0 unspecified atom stereocenters. The van der Waals surface area contributed by atoms with Gasteiger partial charge >= 0.3 is 0 Å². The Kier molecular flexibility index (Phi) is 3.35. The van der Waals surface area contributed by atoms with Gasteiger partial charge in [-0.1, -0.05) is 0 Å². The Morgan fingerprint density at radius 3 is 2.62 bits per heavy atom. The van der Waals surface area contributed by atoms with E-state index in [0.29, 0.717) is 5.88 Å². The topological polar surface area (TPSA) is 66.4 Å². The fraction of sp³-hybridized carbons (Fsp3) is 0.0556. The molecule has 0 fully saturated rings. The number of aromatic nitrogens is 4. The van der Waals surface area contributed by atoms with Crippen LogP contribution in [0.4, 0.5) is 0 Å². The normalized spacial score (nSPS) is 10.9. The monoisotopic (exact) mass is 318 g/mol. The molecule has 4 rings (SSSR count). The Morgan fingerprint density at radius 1 is 1.00 bits per heavy atom. The first-order valence-electron chi connectivity index (χ1n) is 7.41. The largest absolute Gasteiger partial charge is 0.619 e. The summed E-state index contributed by atoms with van der Waals surface area (Å²) in [5, 5.41) is 11.5. The molecule has 0 amide bonds. The van der Waals surface area contributed by atoms with Crippen LogP contribution in [0.15, 0.2) is 67.4 Å². The van der Waals surface area contributed by atoms with Crippen LogP contribution in [0.5, 0.6) is 5.88 Å². The van der Waals surface area contributed by atoms with Gasteiger partial charge in [-0.05, 0) is 24.3 Å². The fourth-order valence-corrected chi connectivity index (χ4v) is 2.64. The van der Waals surface area contributed by atoms with E-state index in [9.17, 15) is 5.21 Å². The minimum atomic E-state index is 0.567. The predicted octanol–water partition coefficient (Wildman–Crippen LogP) is 2.71. The molecule has 6 nitrogen and oxygen atoms in total. The number of hydrogen-bond donors (Lipinski definition) is 0. The van der Waals surface area contributed by atoms with Crippen molar-refractivity contribution in [2.75, 3.05) is 7.11 Å². The lowest BCUT2D eigenvalue weighted by atomic mass is 10.1. The van der Waals surface area contributed by atoms with Crippen LogP contribution in [0.1, 0.15) is 0 Å². The summed E-state index contributed by atoms with van der Waals surface area (Å²) in [7, 11) is 1.59. The van der Waals surface area contributed by atoms with Gasteiger partial charge in [0.15, 0.2) is 12.4 Å². The van der Waals surface area contributed by atoms with Crippen LogP contribution in [0, 0.1) is 5.21 Å². The quantitative estimate of drug-likeness (QED) is 0.430. The number of hydrogen-bond acceptors (Lipinski definition) is 4. The molecule has 0 aliphatic carbocycles. The van der Waals surface area contributed by atoms with Crippen molar-refractivity contribution >= 4 is 5.65 Å². The van der Waals surface area contributed by atoms with Gasteiger partial charge < -0.3 is 9.94 Å². The molecule has 4 aromatic heterocycles. The average Bonchev–Trinajstić information content (AvgIpc) is 3.05. The highest BCUT2D eigenvalue weighted by Gasteiger charge is 2.09. The molecule has 4 heterocycles. The van der Waals surface area contributed by atoms with Crippen LogP contribution in [0.2, 0.25) is 0 Å². The van der Waals surface area contributed by atoms with Gasteiger partial charge in [-0.2, -0.15) is 4.73 Å². The van der Waals surface area contributed by atoms with E-state index < -0.39 is 0 Å². The molecule has 0 aliphatic heterocycles. The maximum absolute atomic E-state index is 11.5. The molecule has 0 saturated carbocycles. The lowest BCUT2D eigenvalue weighted by Crippen LogP contribution is -2.23. The minimum absolute atomic E-state index is 0.567. The highest BCUT2D eigenvalue weighted by atomic mass is 16.5. The van der Waals surface area contributed by atoms with Crippen LogP contribution in [0.3, 0.4) is 0 Å². The molecule has 0 atom stereocenters. The summed E-state index contributed by atoms with van der Waals surface area (Å²) >= 11 is 0. The first-order chi connectivity index (χ1) is 11.7. The van der Waals surface area contributed by atoms with E-state index in [1.807, 2.05) is 40.9 Å².